The van der Waals surface area contributed by atoms with Crippen molar-refractivity contribution in [1.82, 2.24) is 19.9 Å². The maximum absolute atomic E-state index is 11.9. The Morgan fingerprint density at radius 2 is 1.65 bits per heavy atom. The van der Waals surface area contributed by atoms with Crippen LogP contribution in [0.1, 0.15) is 24.1 Å². The highest BCUT2D eigenvalue weighted by Gasteiger charge is 2.18. The van der Waals surface area contributed by atoms with Crippen LogP contribution in [0.4, 0.5) is 5.82 Å². The van der Waals surface area contributed by atoms with Gasteiger partial charge in [-0.2, -0.15) is 4.98 Å². The standard InChI is InChI=1S/C22H20N4O3.C6H8N2/c1-2-28-19(27)12-18-25-21(24-13-16-10-6-7-11-23-16)20-17(14-29-22(20)26-18)15-8-4-3-5-9-15;7-5-6-3-1-2-4-8-6/h3-11,14H,2,12-13H2,1H3,(H,24,25,26);1-4H,5,7H2. The third-order valence-corrected chi connectivity index (χ3v) is 5.27. The first kappa shape index (κ1) is 25.5. The number of furan rings is 1. The van der Waals surface area contributed by atoms with Gasteiger partial charge in [0, 0.05) is 24.5 Å². The minimum absolute atomic E-state index is 0.0244. The molecule has 0 saturated carbocycles. The van der Waals surface area contributed by atoms with E-state index in [2.05, 4.69) is 25.3 Å². The molecule has 9 nitrogen and oxygen atoms in total. The Bertz CT molecular complexity index is 1410. The van der Waals surface area contributed by atoms with Crippen LogP contribution < -0.4 is 11.1 Å². The molecule has 0 fully saturated rings. The number of fused-ring (bicyclic) bond motifs is 1. The predicted octanol–water partition coefficient (Wildman–Crippen LogP) is 4.54. The first-order chi connectivity index (χ1) is 18.2. The van der Waals surface area contributed by atoms with Crippen LogP contribution in [0.15, 0.2) is 89.8 Å². The molecule has 0 saturated heterocycles. The van der Waals surface area contributed by atoms with E-state index >= 15 is 0 Å². The summed E-state index contributed by atoms with van der Waals surface area (Å²) in [6, 6.07) is 21.3. The van der Waals surface area contributed by atoms with Crippen molar-refractivity contribution in [3.8, 4) is 11.1 Å². The van der Waals surface area contributed by atoms with Gasteiger partial charge < -0.3 is 20.2 Å². The Kier molecular flexibility index (Phi) is 8.87. The Morgan fingerprint density at radius 1 is 0.946 bits per heavy atom. The lowest BCUT2D eigenvalue weighted by atomic mass is 10.1. The summed E-state index contributed by atoms with van der Waals surface area (Å²) in [6.07, 6.45) is 5.12. The van der Waals surface area contributed by atoms with Crippen LogP contribution >= 0.6 is 0 Å². The molecule has 3 N–H and O–H groups in total. The average Bonchev–Trinajstić information content (AvgIpc) is 3.38. The highest BCUT2D eigenvalue weighted by molar-refractivity contribution is 5.99. The molecule has 0 aliphatic carbocycles. The monoisotopic (exact) mass is 496 g/mol. The first-order valence-corrected chi connectivity index (χ1v) is 11.9. The summed E-state index contributed by atoms with van der Waals surface area (Å²) in [5.74, 6) is 0.554. The number of hydrogen-bond acceptors (Lipinski definition) is 9. The number of anilines is 1. The van der Waals surface area contributed by atoms with E-state index < -0.39 is 0 Å². The second kappa shape index (κ2) is 12.9. The number of ether oxygens (including phenoxy) is 1. The minimum atomic E-state index is -0.377. The van der Waals surface area contributed by atoms with E-state index in [1.807, 2.05) is 66.7 Å². The fourth-order valence-corrected chi connectivity index (χ4v) is 3.56. The Hall–Kier alpha value is -4.63. The number of hydrogen-bond donors (Lipinski definition) is 2. The number of esters is 1. The van der Waals surface area contributed by atoms with Gasteiger partial charge in [0.1, 0.15) is 24.3 Å². The lowest BCUT2D eigenvalue weighted by Crippen LogP contribution is -2.12. The number of carbonyl (C=O) groups is 1. The molecule has 0 amide bonds. The second-order valence-electron chi connectivity index (χ2n) is 7.87. The van der Waals surface area contributed by atoms with Gasteiger partial charge in [-0.3, -0.25) is 14.8 Å². The summed E-state index contributed by atoms with van der Waals surface area (Å²) in [5, 5.41) is 4.08. The molecule has 188 valence electrons. The van der Waals surface area contributed by atoms with E-state index in [9.17, 15) is 4.79 Å². The second-order valence-corrected chi connectivity index (χ2v) is 7.87. The molecule has 4 aromatic heterocycles. The Balaban J connectivity index is 0.000000342. The van der Waals surface area contributed by atoms with Crippen LogP contribution in [0, 0.1) is 0 Å². The van der Waals surface area contributed by atoms with Gasteiger partial charge in [-0.05, 0) is 36.8 Å². The van der Waals surface area contributed by atoms with Crippen LogP contribution in [0.3, 0.4) is 0 Å². The molecule has 1 aromatic carbocycles. The number of nitrogens with zero attached hydrogens (tertiary/aromatic N) is 4. The molecule has 37 heavy (non-hydrogen) atoms. The minimum Gasteiger partial charge on any atom is -0.466 e. The molecule has 5 aromatic rings. The first-order valence-electron chi connectivity index (χ1n) is 11.9. The summed E-state index contributed by atoms with van der Waals surface area (Å²) in [6.45, 7) is 3.08. The van der Waals surface area contributed by atoms with Crippen LogP contribution in [0.2, 0.25) is 0 Å². The van der Waals surface area contributed by atoms with Crippen molar-refractivity contribution in [3.05, 3.63) is 103 Å². The average molecular weight is 497 g/mol. The van der Waals surface area contributed by atoms with Crippen molar-refractivity contribution in [2.75, 3.05) is 11.9 Å². The van der Waals surface area contributed by atoms with Crippen LogP contribution in [-0.4, -0.2) is 32.5 Å². The van der Waals surface area contributed by atoms with E-state index in [-0.39, 0.29) is 12.4 Å². The van der Waals surface area contributed by atoms with Gasteiger partial charge >= 0.3 is 5.97 Å². The van der Waals surface area contributed by atoms with Crippen molar-refractivity contribution in [2.45, 2.75) is 26.4 Å². The summed E-state index contributed by atoms with van der Waals surface area (Å²) in [7, 11) is 0. The molecule has 5 rings (SSSR count). The summed E-state index contributed by atoms with van der Waals surface area (Å²) in [5.41, 5.74) is 9.39. The predicted molar refractivity (Wildman–Crippen MR) is 141 cm³/mol. The van der Waals surface area contributed by atoms with E-state index in [1.165, 1.54) is 0 Å². The number of aromatic nitrogens is 4. The van der Waals surface area contributed by atoms with Gasteiger partial charge in [0.25, 0.3) is 0 Å². The molecule has 4 heterocycles. The van der Waals surface area contributed by atoms with Gasteiger partial charge in [0.15, 0.2) is 0 Å². The molecule has 9 heteroatoms. The van der Waals surface area contributed by atoms with Crippen molar-refractivity contribution < 1.29 is 13.9 Å². The molecule has 0 aliphatic heterocycles. The maximum atomic E-state index is 11.9. The fraction of sp³-hybridized carbons (Fsp3) is 0.179. The highest BCUT2D eigenvalue weighted by Crippen LogP contribution is 2.34. The molecule has 0 bridgehead atoms. The molecule has 0 atom stereocenters. The zero-order chi connectivity index (χ0) is 25.9. The molecule has 0 aliphatic rings. The van der Waals surface area contributed by atoms with E-state index in [1.54, 1.807) is 25.6 Å². The molecular formula is C28H28N6O3. The normalized spacial score (nSPS) is 10.4. The van der Waals surface area contributed by atoms with Gasteiger partial charge in [0.05, 0.1) is 29.9 Å². The number of rotatable bonds is 8. The smallest absolute Gasteiger partial charge is 0.313 e. The van der Waals surface area contributed by atoms with Gasteiger partial charge in [-0.25, -0.2) is 4.98 Å². The van der Waals surface area contributed by atoms with Gasteiger partial charge in [-0.15, -0.1) is 0 Å². The lowest BCUT2D eigenvalue weighted by molar-refractivity contribution is -0.142. The zero-order valence-corrected chi connectivity index (χ0v) is 20.5. The van der Waals surface area contributed by atoms with E-state index in [4.69, 9.17) is 14.9 Å². The number of nitrogens with two attached hydrogens (primary N) is 1. The van der Waals surface area contributed by atoms with Crippen LogP contribution in [-0.2, 0) is 29.0 Å². The largest absolute Gasteiger partial charge is 0.466 e. The quantitative estimate of drug-likeness (QED) is 0.297. The topological polar surface area (TPSA) is 129 Å². The number of carbonyl (C=O) groups excluding carboxylic acids is 1. The fourth-order valence-electron chi connectivity index (χ4n) is 3.56. The van der Waals surface area contributed by atoms with E-state index in [0.717, 1.165) is 27.9 Å². The summed E-state index contributed by atoms with van der Waals surface area (Å²) < 4.78 is 10.7. The Labute approximate surface area is 214 Å². The number of benzene rings is 1. The molecule has 0 spiro atoms. The van der Waals surface area contributed by atoms with E-state index in [0.29, 0.717) is 37.1 Å². The molecule has 0 unspecified atom stereocenters. The SMILES string of the molecule is CCOC(=O)Cc1nc(NCc2ccccn2)c2c(-c3ccccc3)coc2n1.NCc1ccccn1. The molecular weight excluding hydrogens is 468 g/mol. The van der Waals surface area contributed by atoms with Crippen molar-refractivity contribution in [3.63, 3.8) is 0 Å². The third kappa shape index (κ3) is 6.96. The number of pyridine rings is 2. The van der Waals surface area contributed by atoms with Crippen molar-refractivity contribution in [2.24, 2.45) is 5.73 Å². The Morgan fingerprint density at radius 3 is 2.27 bits per heavy atom. The van der Waals surface area contributed by atoms with Crippen molar-refractivity contribution >= 4 is 22.9 Å². The van der Waals surface area contributed by atoms with Gasteiger partial charge in [0.2, 0.25) is 5.71 Å². The van der Waals surface area contributed by atoms with Gasteiger partial charge in [-0.1, -0.05) is 42.5 Å². The van der Waals surface area contributed by atoms with Crippen LogP contribution in [0.5, 0.6) is 0 Å². The van der Waals surface area contributed by atoms with Crippen LogP contribution in [0.25, 0.3) is 22.2 Å². The third-order valence-electron chi connectivity index (χ3n) is 5.27. The maximum Gasteiger partial charge on any atom is 0.313 e. The summed E-state index contributed by atoms with van der Waals surface area (Å²) >= 11 is 0. The zero-order valence-electron chi connectivity index (χ0n) is 20.5. The van der Waals surface area contributed by atoms with Crippen molar-refractivity contribution in [1.29, 1.82) is 0 Å². The lowest BCUT2D eigenvalue weighted by Gasteiger charge is -2.09. The summed E-state index contributed by atoms with van der Waals surface area (Å²) in [4.78, 5) is 29.2. The highest BCUT2D eigenvalue weighted by atomic mass is 16.5. The molecule has 0 radical (unpaired) electrons. The number of nitrogens with one attached hydrogen (secondary N) is 1.